The summed E-state index contributed by atoms with van der Waals surface area (Å²) in [5, 5.41) is 2.23. The summed E-state index contributed by atoms with van der Waals surface area (Å²) in [6, 6.07) is 3.93. The van der Waals surface area contributed by atoms with Gasteiger partial charge in [-0.25, -0.2) is 0 Å². The predicted octanol–water partition coefficient (Wildman–Crippen LogP) is 3.02. The summed E-state index contributed by atoms with van der Waals surface area (Å²) in [4.78, 5) is 11.2. The summed E-state index contributed by atoms with van der Waals surface area (Å²) in [5.74, 6) is 0.127. The van der Waals surface area contributed by atoms with E-state index in [2.05, 4.69) is 0 Å². The van der Waals surface area contributed by atoms with E-state index in [1.54, 1.807) is 11.3 Å². The maximum atomic E-state index is 11.2. The van der Waals surface area contributed by atoms with Crippen LogP contribution >= 0.6 is 23.1 Å². The quantitative estimate of drug-likeness (QED) is 0.660. The molecule has 0 unspecified atom stereocenters. The van der Waals surface area contributed by atoms with Gasteiger partial charge in [-0.15, -0.1) is 11.3 Å². The summed E-state index contributed by atoms with van der Waals surface area (Å²) in [6.07, 6.45) is 0. The van der Waals surface area contributed by atoms with Crippen molar-refractivity contribution in [3.05, 3.63) is 17.5 Å². The van der Waals surface area contributed by atoms with Crippen LogP contribution < -0.4 is 0 Å². The molecule has 0 amide bonds. The van der Waals surface area contributed by atoms with E-state index in [0.29, 0.717) is 0 Å². The van der Waals surface area contributed by atoms with Gasteiger partial charge >= 0.3 is 0 Å². The second-order valence-electron chi connectivity index (χ2n) is 2.51. The normalized spacial score (nSPS) is 10.5. The van der Waals surface area contributed by atoms with Crippen molar-refractivity contribution in [3.63, 3.8) is 0 Å². The molecule has 0 spiro atoms. The van der Waals surface area contributed by atoms with E-state index in [9.17, 15) is 4.79 Å². The average Bonchev–Trinajstić information content (AvgIpc) is 2.39. The smallest absolute Gasteiger partial charge is 0.196 e. The third kappa shape index (κ3) is 2.67. The molecule has 0 atom stereocenters. The third-order valence-electron chi connectivity index (χ3n) is 1.17. The van der Waals surface area contributed by atoms with Gasteiger partial charge in [-0.3, -0.25) is 4.79 Å². The van der Waals surface area contributed by atoms with Gasteiger partial charge in [0.05, 0.1) is 4.21 Å². The maximum absolute atomic E-state index is 11.2. The van der Waals surface area contributed by atoms with Crippen LogP contribution in [0.3, 0.4) is 0 Å². The van der Waals surface area contributed by atoms with Crippen molar-refractivity contribution in [3.8, 4) is 0 Å². The molecule has 0 saturated carbocycles. The fourth-order valence-corrected chi connectivity index (χ4v) is 2.17. The van der Waals surface area contributed by atoms with Crippen LogP contribution in [0.4, 0.5) is 0 Å². The summed E-state index contributed by atoms with van der Waals surface area (Å²) >= 11 is 2.95. The molecule has 11 heavy (non-hydrogen) atoms. The average molecular weight is 186 g/mol. The van der Waals surface area contributed by atoms with Crippen LogP contribution in [0, 0.1) is 5.92 Å². The molecule has 0 aliphatic carbocycles. The minimum absolute atomic E-state index is 0.127. The topological polar surface area (TPSA) is 17.1 Å². The summed E-state index contributed by atoms with van der Waals surface area (Å²) in [7, 11) is 0. The van der Waals surface area contributed by atoms with Gasteiger partial charge in [0.25, 0.3) is 0 Å². The van der Waals surface area contributed by atoms with Gasteiger partial charge in [-0.2, -0.15) is 0 Å². The number of hydrogen-bond donors (Lipinski definition) is 0. The van der Waals surface area contributed by atoms with Crippen LogP contribution in [-0.4, -0.2) is 5.12 Å². The van der Waals surface area contributed by atoms with Crippen molar-refractivity contribution in [1.82, 2.24) is 0 Å². The SMILES string of the molecule is CC(C)C(=O)Sc1cccs1. The zero-order valence-electron chi connectivity index (χ0n) is 6.53. The fourth-order valence-electron chi connectivity index (χ4n) is 0.539. The molecule has 1 heterocycles. The first-order chi connectivity index (χ1) is 5.20. The Morgan fingerprint density at radius 3 is 2.82 bits per heavy atom. The second-order valence-corrected chi connectivity index (χ2v) is 4.76. The third-order valence-corrected chi connectivity index (χ3v) is 3.38. The zero-order chi connectivity index (χ0) is 8.27. The van der Waals surface area contributed by atoms with E-state index >= 15 is 0 Å². The van der Waals surface area contributed by atoms with Crippen molar-refractivity contribution < 1.29 is 4.79 Å². The first-order valence-corrected chi connectivity index (χ1v) is 5.15. The van der Waals surface area contributed by atoms with Gasteiger partial charge in [0.1, 0.15) is 0 Å². The Morgan fingerprint density at radius 2 is 2.36 bits per heavy atom. The number of rotatable bonds is 2. The highest BCUT2D eigenvalue weighted by molar-refractivity contribution is 8.15. The fraction of sp³-hybridized carbons (Fsp3) is 0.375. The van der Waals surface area contributed by atoms with E-state index in [1.807, 2.05) is 31.4 Å². The number of thiophene rings is 1. The Kier molecular flexibility index (Phi) is 3.15. The standard InChI is InChI=1S/C8H10OS2/c1-6(2)8(9)11-7-4-3-5-10-7/h3-6H,1-2H3. The molecule has 0 N–H and O–H groups in total. The molecule has 0 aliphatic rings. The number of carbonyl (C=O) groups excluding carboxylic acids is 1. The van der Waals surface area contributed by atoms with E-state index in [1.165, 1.54) is 11.8 Å². The molecule has 0 fully saturated rings. The van der Waals surface area contributed by atoms with Crippen LogP contribution in [0.25, 0.3) is 0 Å². The Bertz CT molecular complexity index is 226. The van der Waals surface area contributed by atoms with Crippen LogP contribution in [-0.2, 0) is 4.79 Å². The van der Waals surface area contributed by atoms with Gasteiger partial charge in [0.15, 0.2) is 5.12 Å². The van der Waals surface area contributed by atoms with E-state index in [4.69, 9.17) is 0 Å². The molecule has 0 aromatic carbocycles. The first-order valence-electron chi connectivity index (χ1n) is 3.45. The summed E-state index contributed by atoms with van der Waals surface area (Å²) in [6.45, 7) is 3.84. The van der Waals surface area contributed by atoms with Crippen molar-refractivity contribution in [2.24, 2.45) is 5.92 Å². The van der Waals surface area contributed by atoms with Crippen LogP contribution in [0.2, 0.25) is 0 Å². The van der Waals surface area contributed by atoms with Crippen molar-refractivity contribution in [1.29, 1.82) is 0 Å². The minimum Gasteiger partial charge on any atom is -0.287 e. The Hall–Kier alpha value is -0.280. The molecule has 1 aromatic heterocycles. The maximum Gasteiger partial charge on any atom is 0.196 e. The summed E-state index contributed by atoms with van der Waals surface area (Å²) in [5.41, 5.74) is 0. The molecule has 0 aliphatic heterocycles. The highest BCUT2D eigenvalue weighted by Gasteiger charge is 2.08. The molecule has 60 valence electrons. The lowest BCUT2D eigenvalue weighted by Gasteiger charge is -1.99. The van der Waals surface area contributed by atoms with Gasteiger partial charge in [-0.1, -0.05) is 19.9 Å². The van der Waals surface area contributed by atoms with Crippen molar-refractivity contribution in [2.75, 3.05) is 0 Å². The predicted molar refractivity (Wildman–Crippen MR) is 50.0 cm³/mol. The highest BCUT2D eigenvalue weighted by atomic mass is 32.2. The lowest BCUT2D eigenvalue weighted by molar-refractivity contribution is -0.113. The van der Waals surface area contributed by atoms with Crippen molar-refractivity contribution >= 4 is 28.2 Å². The monoisotopic (exact) mass is 186 g/mol. The largest absolute Gasteiger partial charge is 0.287 e. The molecule has 1 aromatic rings. The molecule has 0 bridgehead atoms. The van der Waals surface area contributed by atoms with Crippen LogP contribution in [0.5, 0.6) is 0 Å². The molecule has 3 heteroatoms. The van der Waals surface area contributed by atoms with Crippen LogP contribution in [0.1, 0.15) is 13.8 Å². The van der Waals surface area contributed by atoms with Gasteiger partial charge in [0, 0.05) is 5.92 Å². The lowest BCUT2D eigenvalue weighted by Crippen LogP contribution is -1.99. The molecule has 1 nitrogen and oxygen atoms in total. The van der Waals surface area contributed by atoms with E-state index in [0.717, 1.165) is 4.21 Å². The van der Waals surface area contributed by atoms with E-state index < -0.39 is 0 Å². The Balaban J connectivity index is 2.50. The number of thioether (sulfide) groups is 1. The van der Waals surface area contributed by atoms with E-state index in [-0.39, 0.29) is 11.0 Å². The molecular weight excluding hydrogens is 176 g/mol. The number of carbonyl (C=O) groups is 1. The molecule has 0 saturated heterocycles. The van der Waals surface area contributed by atoms with Crippen LogP contribution in [0.15, 0.2) is 21.7 Å². The highest BCUT2D eigenvalue weighted by Crippen LogP contribution is 2.26. The van der Waals surface area contributed by atoms with Gasteiger partial charge in [-0.05, 0) is 23.2 Å². The van der Waals surface area contributed by atoms with Gasteiger partial charge < -0.3 is 0 Å². The second kappa shape index (κ2) is 3.93. The first kappa shape index (κ1) is 8.81. The lowest BCUT2D eigenvalue weighted by atomic mass is 10.3. The zero-order valence-corrected chi connectivity index (χ0v) is 8.17. The number of hydrogen-bond acceptors (Lipinski definition) is 3. The van der Waals surface area contributed by atoms with Gasteiger partial charge in [0.2, 0.25) is 0 Å². The Labute approximate surface area is 74.8 Å². The molecule has 0 radical (unpaired) electrons. The Morgan fingerprint density at radius 1 is 1.64 bits per heavy atom. The molecule has 1 rings (SSSR count). The summed E-state index contributed by atoms with van der Waals surface area (Å²) < 4.78 is 1.09. The van der Waals surface area contributed by atoms with Crippen molar-refractivity contribution in [2.45, 2.75) is 18.1 Å². The minimum atomic E-state index is 0.127. The molecular formula is C8H10OS2.